The molecule has 1 aliphatic heterocycles. The van der Waals surface area contributed by atoms with Crippen LogP contribution in [-0.2, 0) is 0 Å². The van der Waals surface area contributed by atoms with Crippen LogP contribution < -0.4 is 10.1 Å². The second-order valence-electron chi connectivity index (χ2n) is 7.33. The Labute approximate surface area is 141 Å². The van der Waals surface area contributed by atoms with Crippen LogP contribution in [-0.4, -0.2) is 40.8 Å². The fraction of sp³-hybridized carbons (Fsp3) is 0.611. The van der Waals surface area contributed by atoms with Gasteiger partial charge in [0.05, 0.1) is 23.9 Å². The largest absolute Gasteiger partial charge is 0.491 e. The van der Waals surface area contributed by atoms with E-state index in [1.54, 1.807) is 18.7 Å². The number of hydrogen-bond acceptors (Lipinski definition) is 3. The SMILES string of the molecule is CC(C)(O)[C@@H]1CCCN1C(=O)Nc1ccc(F)cc1OCC1CC1. The Morgan fingerprint density at radius 2 is 2.17 bits per heavy atom. The number of anilines is 1. The minimum absolute atomic E-state index is 0.228. The molecule has 0 spiro atoms. The van der Waals surface area contributed by atoms with Crippen molar-refractivity contribution in [3.8, 4) is 5.75 Å². The van der Waals surface area contributed by atoms with Gasteiger partial charge < -0.3 is 20.1 Å². The van der Waals surface area contributed by atoms with E-state index in [1.807, 2.05) is 0 Å². The van der Waals surface area contributed by atoms with Crippen LogP contribution in [0.4, 0.5) is 14.9 Å². The first kappa shape index (κ1) is 17.0. The molecule has 0 bridgehead atoms. The van der Waals surface area contributed by atoms with Gasteiger partial charge in [-0.15, -0.1) is 0 Å². The highest BCUT2D eigenvalue weighted by molar-refractivity contribution is 5.91. The van der Waals surface area contributed by atoms with Crippen molar-refractivity contribution in [2.24, 2.45) is 5.92 Å². The van der Waals surface area contributed by atoms with Crippen LogP contribution in [0.5, 0.6) is 5.75 Å². The molecule has 2 amide bonds. The molecule has 6 heteroatoms. The van der Waals surface area contributed by atoms with Crippen molar-refractivity contribution in [1.82, 2.24) is 4.90 Å². The molecule has 1 aromatic carbocycles. The molecule has 1 saturated heterocycles. The highest BCUT2D eigenvalue weighted by Gasteiger charge is 2.38. The topological polar surface area (TPSA) is 61.8 Å². The van der Waals surface area contributed by atoms with Gasteiger partial charge in [0, 0.05) is 12.6 Å². The van der Waals surface area contributed by atoms with Crippen molar-refractivity contribution in [2.75, 3.05) is 18.5 Å². The Hall–Kier alpha value is -1.82. The predicted octanol–water partition coefficient (Wildman–Crippen LogP) is 3.38. The standard InChI is InChI=1S/C18H25FN2O3/c1-18(2,23)16-4-3-9-21(16)17(22)20-14-8-7-13(19)10-15(14)24-11-12-5-6-12/h7-8,10,12,16,23H,3-6,9,11H2,1-2H3,(H,20,22)/t16-/m0/s1. The first-order valence-electron chi connectivity index (χ1n) is 8.57. The Bertz CT molecular complexity index is 611. The number of carbonyl (C=O) groups excluding carboxylic acids is 1. The third-order valence-corrected chi connectivity index (χ3v) is 4.69. The minimum atomic E-state index is -0.956. The quantitative estimate of drug-likeness (QED) is 0.866. The van der Waals surface area contributed by atoms with E-state index >= 15 is 0 Å². The predicted molar refractivity (Wildman–Crippen MR) is 89.7 cm³/mol. The molecule has 24 heavy (non-hydrogen) atoms. The molecule has 2 fully saturated rings. The van der Waals surface area contributed by atoms with Crippen LogP contribution >= 0.6 is 0 Å². The lowest BCUT2D eigenvalue weighted by atomic mass is 9.97. The van der Waals surface area contributed by atoms with Crippen molar-refractivity contribution in [2.45, 2.75) is 51.2 Å². The number of urea groups is 1. The number of carbonyl (C=O) groups is 1. The van der Waals surface area contributed by atoms with Crippen molar-refractivity contribution in [3.05, 3.63) is 24.0 Å². The third kappa shape index (κ3) is 3.98. The highest BCUT2D eigenvalue weighted by Crippen LogP contribution is 2.33. The van der Waals surface area contributed by atoms with Gasteiger partial charge in [-0.05, 0) is 57.6 Å². The molecule has 1 atom stereocenters. The summed E-state index contributed by atoms with van der Waals surface area (Å²) in [4.78, 5) is 14.3. The van der Waals surface area contributed by atoms with Crippen LogP contribution in [0, 0.1) is 11.7 Å². The van der Waals surface area contributed by atoms with Crippen LogP contribution in [0.25, 0.3) is 0 Å². The summed E-state index contributed by atoms with van der Waals surface area (Å²) in [6.45, 7) is 4.57. The smallest absolute Gasteiger partial charge is 0.322 e. The summed E-state index contributed by atoms with van der Waals surface area (Å²) < 4.78 is 19.2. The van der Waals surface area contributed by atoms with Gasteiger partial charge in [-0.2, -0.15) is 0 Å². The summed E-state index contributed by atoms with van der Waals surface area (Å²) in [5.74, 6) is 0.499. The van der Waals surface area contributed by atoms with Gasteiger partial charge >= 0.3 is 6.03 Å². The first-order chi connectivity index (χ1) is 11.3. The van der Waals surface area contributed by atoms with Crippen molar-refractivity contribution >= 4 is 11.7 Å². The molecule has 0 aromatic heterocycles. The van der Waals surface area contributed by atoms with E-state index in [4.69, 9.17) is 4.74 Å². The monoisotopic (exact) mass is 336 g/mol. The zero-order valence-electron chi connectivity index (χ0n) is 14.2. The molecule has 1 saturated carbocycles. The van der Waals surface area contributed by atoms with Gasteiger partial charge in [0.15, 0.2) is 0 Å². The van der Waals surface area contributed by atoms with Gasteiger partial charge in [0.1, 0.15) is 11.6 Å². The van der Waals surface area contributed by atoms with E-state index in [9.17, 15) is 14.3 Å². The molecule has 1 aliphatic carbocycles. The lowest BCUT2D eigenvalue weighted by molar-refractivity contribution is 0.0117. The summed E-state index contributed by atoms with van der Waals surface area (Å²) in [6, 6.07) is 3.60. The number of ether oxygens (including phenoxy) is 1. The van der Waals surface area contributed by atoms with Gasteiger partial charge in [-0.25, -0.2) is 9.18 Å². The minimum Gasteiger partial charge on any atom is -0.491 e. The van der Waals surface area contributed by atoms with Gasteiger partial charge in [-0.1, -0.05) is 0 Å². The van der Waals surface area contributed by atoms with Gasteiger partial charge in [0.25, 0.3) is 0 Å². The number of nitrogens with one attached hydrogen (secondary N) is 1. The Morgan fingerprint density at radius 3 is 2.83 bits per heavy atom. The molecular formula is C18H25FN2O3. The summed E-state index contributed by atoms with van der Waals surface area (Å²) in [5, 5.41) is 13.1. The number of halogens is 1. The fourth-order valence-corrected chi connectivity index (χ4v) is 3.14. The molecule has 2 aliphatic rings. The van der Waals surface area contributed by atoms with Crippen molar-refractivity contribution in [1.29, 1.82) is 0 Å². The van der Waals surface area contributed by atoms with E-state index in [0.717, 1.165) is 25.7 Å². The van der Waals surface area contributed by atoms with E-state index in [0.29, 0.717) is 30.5 Å². The summed E-state index contributed by atoms with van der Waals surface area (Å²) in [5.41, 5.74) is -0.495. The lowest BCUT2D eigenvalue weighted by Gasteiger charge is -2.33. The van der Waals surface area contributed by atoms with Crippen LogP contribution in [0.1, 0.15) is 39.5 Å². The Balaban J connectivity index is 1.71. The summed E-state index contributed by atoms with van der Waals surface area (Å²) >= 11 is 0. The van der Waals surface area contributed by atoms with Crippen molar-refractivity contribution < 1.29 is 19.0 Å². The number of amides is 2. The van der Waals surface area contributed by atoms with Crippen LogP contribution in [0.15, 0.2) is 18.2 Å². The van der Waals surface area contributed by atoms with Gasteiger partial charge in [0.2, 0.25) is 0 Å². The lowest BCUT2D eigenvalue weighted by Crippen LogP contribution is -2.49. The third-order valence-electron chi connectivity index (χ3n) is 4.69. The molecule has 0 unspecified atom stereocenters. The number of nitrogens with zero attached hydrogens (tertiary/aromatic N) is 1. The number of benzene rings is 1. The van der Waals surface area contributed by atoms with E-state index in [2.05, 4.69) is 5.32 Å². The summed E-state index contributed by atoms with van der Waals surface area (Å²) in [6.07, 6.45) is 3.90. The molecule has 1 aromatic rings. The number of rotatable bonds is 5. The maximum Gasteiger partial charge on any atom is 0.322 e. The maximum absolute atomic E-state index is 13.5. The van der Waals surface area contributed by atoms with E-state index in [-0.39, 0.29) is 12.1 Å². The molecule has 132 valence electrons. The first-order valence-corrected chi connectivity index (χ1v) is 8.57. The summed E-state index contributed by atoms with van der Waals surface area (Å²) in [7, 11) is 0. The van der Waals surface area contributed by atoms with Crippen LogP contribution in [0.3, 0.4) is 0 Å². The number of likely N-dealkylation sites (tertiary alicyclic amines) is 1. The molecule has 0 radical (unpaired) electrons. The highest BCUT2D eigenvalue weighted by atomic mass is 19.1. The molecular weight excluding hydrogens is 311 g/mol. The fourth-order valence-electron chi connectivity index (χ4n) is 3.14. The average molecular weight is 336 g/mol. The van der Waals surface area contributed by atoms with Crippen LogP contribution in [0.2, 0.25) is 0 Å². The molecule has 3 rings (SSSR count). The number of hydrogen-bond donors (Lipinski definition) is 2. The normalized spacial score (nSPS) is 21.0. The van der Waals surface area contributed by atoms with E-state index in [1.165, 1.54) is 18.2 Å². The Kier molecular flexibility index (Phi) is 4.67. The molecule has 5 nitrogen and oxygen atoms in total. The van der Waals surface area contributed by atoms with Crippen molar-refractivity contribution in [3.63, 3.8) is 0 Å². The number of aliphatic hydroxyl groups is 1. The molecule has 2 N–H and O–H groups in total. The Morgan fingerprint density at radius 1 is 1.42 bits per heavy atom. The zero-order chi connectivity index (χ0) is 17.3. The zero-order valence-corrected chi connectivity index (χ0v) is 14.2. The average Bonchev–Trinajstić information content (AvgIpc) is 3.18. The van der Waals surface area contributed by atoms with E-state index < -0.39 is 11.4 Å². The second kappa shape index (κ2) is 6.59. The van der Waals surface area contributed by atoms with Gasteiger partial charge in [-0.3, -0.25) is 0 Å². The maximum atomic E-state index is 13.5. The molecule has 1 heterocycles. The second-order valence-corrected chi connectivity index (χ2v) is 7.33.